The molecule has 0 aliphatic heterocycles. The Balaban J connectivity index is 2.34. The number of halogens is 2. The second kappa shape index (κ2) is 6.59. The highest BCUT2D eigenvalue weighted by Crippen LogP contribution is 2.22. The van der Waals surface area contributed by atoms with Gasteiger partial charge < -0.3 is 9.47 Å². The Bertz CT molecular complexity index is 624. The first-order chi connectivity index (χ1) is 9.52. The van der Waals surface area contributed by atoms with Crippen LogP contribution in [0.25, 0.3) is 11.0 Å². The zero-order valence-electron chi connectivity index (χ0n) is 11.6. The van der Waals surface area contributed by atoms with E-state index >= 15 is 0 Å². The summed E-state index contributed by atoms with van der Waals surface area (Å²) < 4.78 is 3.09. The summed E-state index contributed by atoms with van der Waals surface area (Å²) in [6.45, 7) is 0.621. The summed E-state index contributed by atoms with van der Waals surface area (Å²) in [5, 5.41) is 0. The summed E-state index contributed by atoms with van der Waals surface area (Å²) in [5.41, 5.74) is 1.97. The lowest BCUT2D eigenvalue weighted by Gasteiger charge is -2.12. The largest absolute Gasteiger partial charge is 0.349 e. The number of carbonyl (C=O) groups is 1. The fraction of sp³-hybridized carbons (Fsp3) is 0.429. The Morgan fingerprint density at radius 1 is 1.45 bits per heavy atom. The summed E-state index contributed by atoms with van der Waals surface area (Å²) in [5.74, 6) is 1.56. The molecule has 6 heteroatoms. The van der Waals surface area contributed by atoms with E-state index in [9.17, 15) is 4.79 Å². The number of alkyl halides is 1. The summed E-state index contributed by atoms with van der Waals surface area (Å²) >= 11 is 9.32. The average molecular weight is 359 g/mol. The fourth-order valence-corrected chi connectivity index (χ4v) is 2.62. The molecule has 2 rings (SSSR count). The molecule has 20 heavy (non-hydrogen) atoms. The maximum atomic E-state index is 11.8. The normalized spacial score (nSPS) is 11.0. The van der Waals surface area contributed by atoms with Crippen LogP contribution in [0.1, 0.15) is 12.2 Å². The van der Waals surface area contributed by atoms with Gasteiger partial charge in [-0.05, 0) is 18.2 Å². The third kappa shape index (κ3) is 3.33. The van der Waals surface area contributed by atoms with Crippen molar-refractivity contribution in [2.75, 3.05) is 20.0 Å². The number of hydrogen-bond acceptors (Lipinski definition) is 2. The Morgan fingerprint density at radius 2 is 2.20 bits per heavy atom. The van der Waals surface area contributed by atoms with E-state index in [4.69, 9.17) is 11.6 Å². The lowest BCUT2D eigenvalue weighted by atomic mass is 10.3. The summed E-state index contributed by atoms with van der Waals surface area (Å²) in [4.78, 5) is 18.0. The molecule has 0 fully saturated rings. The predicted octanol–water partition coefficient (Wildman–Crippen LogP) is 3.06. The van der Waals surface area contributed by atoms with Gasteiger partial charge in [-0.2, -0.15) is 0 Å². The van der Waals surface area contributed by atoms with Gasteiger partial charge in [0.25, 0.3) is 0 Å². The number of aryl methyl sites for hydroxylation is 2. The number of hydrogen-bond donors (Lipinski definition) is 0. The number of imidazole rings is 1. The molecule has 1 amide bonds. The van der Waals surface area contributed by atoms with E-state index in [1.54, 1.807) is 19.0 Å². The first-order valence-electron chi connectivity index (χ1n) is 6.43. The van der Waals surface area contributed by atoms with Crippen molar-refractivity contribution in [3.63, 3.8) is 0 Å². The first kappa shape index (κ1) is 15.3. The quantitative estimate of drug-likeness (QED) is 0.771. The molecule has 0 aliphatic rings. The zero-order chi connectivity index (χ0) is 14.7. The van der Waals surface area contributed by atoms with Crippen LogP contribution in [0, 0.1) is 0 Å². The van der Waals surface area contributed by atoms with Crippen LogP contribution in [-0.2, 0) is 17.8 Å². The van der Waals surface area contributed by atoms with Crippen molar-refractivity contribution in [2.45, 2.75) is 19.4 Å². The molecule has 0 bridgehead atoms. The highest BCUT2D eigenvalue weighted by Gasteiger charge is 2.12. The molecule has 0 unspecified atom stereocenters. The van der Waals surface area contributed by atoms with Gasteiger partial charge in [-0.3, -0.25) is 4.79 Å². The van der Waals surface area contributed by atoms with E-state index in [2.05, 4.69) is 25.5 Å². The van der Waals surface area contributed by atoms with Gasteiger partial charge in [0.1, 0.15) is 5.82 Å². The van der Waals surface area contributed by atoms with Gasteiger partial charge in [-0.1, -0.05) is 15.9 Å². The van der Waals surface area contributed by atoms with Gasteiger partial charge in [-0.25, -0.2) is 4.98 Å². The SMILES string of the molecule is CN(C)C(=O)CCn1c(CCCl)nc2ccc(Br)cc21. The number of rotatable bonds is 5. The van der Waals surface area contributed by atoms with E-state index in [1.807, 2.05) is 18.2 Å². The molecule has 0 radical (unpaired) electrons. The van der Waals surface area contributed by atoms with Crippen molar-refractivity contribution in [3.8, 4) is 0 Å². The molecule has 4 nitrogen and oxygen atoms in total. The predicted molar refractivity (Wildman–Crippen MR) is 85.2 cm³/mol. The van der Waals surface area contributed by atoms with Crippen LogP contribution in [0.4, 0.5) is 0 Å². The van der Waals surface area contributed by atoms with E-state index in [-0.39, 0.29) is 5.91 Å². The van der Waals surface area contributed by atoms with E-state index in [1.165, 1.54) is 0 Å². The molecule has 108 valence electrons. The molecule has 0 N–H and O–H groups in total. The molecule has 1 aromatic heterocycles. The Hall–Kier alpha value is -1.07. The minimum atomic E-state index is 0.110. The Labute approximate surface area is 131 Å². The molecular weight excluding hydrogens is 342 g/mol. The molecule has 1 heterocycles. The Kier molecular flexibility index (Phi) is 5.05. The number of fused-ring (bicyclic) bond motifs is 1. The smallest absolute Gasteiger partial charge is 0.223 e. The van der Waals surface area contributed by atoms with E-state index < -0.39 is 0 Å². The van der Waals surface area contributed by atoms with Crippen LogP contribution >= 0.6 is 27.5 Å². The van der Waals surface area contributed by atoms with Crippen molar-refractivity contribution in [1.29, 1.82) is 0 Å². The number of nitrogens with zero attached hydrogens (tertiary/aromatic N) is 3. The lowest BCUT2D eigenvalue weighted by molar-refractivity contribution is -0.128. The number of aromatic nitrogens is 2. The molecule has 0 saturated heterocycles. The molecule has 0 atom stereocenters. The van der Waals surface area contributed by atoms with Gasteiger partial charge in [0.05, 0.1) is 11.0 Å². The monoisotopic (exact) mass is 357 g/mol. The summed E-state index contributed by atoms with van der Waals surface area (Å²) in [6, 6.07) is 5.97. The van der Waals surface area contributed by atoms with Gasteiger partial charge in [0.15, 0.2) is 0 Å². The van der Waals surface area contributed by atoms with Crippen LogP contribution in [0.3, 0.4) is 0 Å². The van der Waals surface area contributed by atoms with Crippen LogP contribution in [-0.4, -0.2) is 40.3 Å². The molecule has 0 spiro atoms. The molecule has 1 aromatic carbocycles. The molecule has 0 saturated carbocycles. The topological polar surface area (TPSA) is 38.1 Å². The number of carbonyl (C=O) groups excluding carboxylic acids is 1. The zero-order valence-corrected chi connectivity index (χ0v) is 13.9. The second-order valence-electron chi connectivity index (χ2n) is 4.79. The van der Waals surface area contributed by atoms with Crippen LogP contribution in [0.5, 0.6) is 0 Å². The lowest BCUT2D eigenvalue weighted by Crippen LogP contribution is -2.23. The summed E-state index contributed by atoms with van der Waals surface area (Å²) in [6.07, 6.45) is 1.16. The minimum absolute atomic E-state index is 0.110. The fourth-order valence-electron chi connectivity index (χ4n) is 2.10. The second-order valence-corrected chi connectivity index (χ2v) is 6.08. The van der Waals surface area contributed by atoms with Crippen molar-refractivity contribution in [2.24, 2.45) is 0 Å². The third-order valence-electron chi connectivity index (χ3n) is 3.16. The van der Waals surface area contributed by atoms with Crippen molar-refractivity contribution in [1.82, 2.24) is 14.5 Å². The van der Waals surface area contributed by atoms with Crippen LogP contribution < -0.4 is 0 Å². The maximum Gasteiger partial charge on any atom is 0.223 e. The third-order valence-corrected chi connectivity index (χ3v) is 3.84. The van der Waals surface area contributed by atoms with Gasteiger partial charge >= 0.3 is 0 Å². The van der Waals surface area contributed by atoms with Crippen LogP contribution in [0.15, 0.2) is 22.7 Å². The van der Waals surface area contributed by atoms with Crippen molar-refractivity contribution in [3.05, 3.63) is 28.5 Å². The maximum absolute atomic E-state index is 11.8. The molecule has 0 aliphatic carbocycles. The molecule has 2 aromatic rings. The van der Waals surface area contributed by atoms with Gasteiger partial charge in [0, 0.05) is 43.8 Å². The van der Waals surface area contributed by atoms with Crippen molar-refractivity contribution < 1.29 is 4.79 Å². The summed E-state index contributed by atoms with van der Waals surface area (Å²) in [7, 11) is 3.54. The average Bonchev–Trinajstić information content (AvgIpc) is 2.73. The minimum Gasteiger partial charge on any atom is -0.349 e. The molecular formula is C14H17BrClN3O. The Morgan fingerprint density at radius 3 is 2.85 bits per heavy atom. The highest BCUT2D eigenvalue weighted by molar-refractivity contribution is 9.10. The van der Waals surface area contributed by atoms with E-state index in [0.29, 0.717) is 25.3 Å². The standard InChI is InChI=1S/C14H17BrClN3O/c1-18(2)14(20)6-8-19-12-9-10(15)3-4-11(12)17-13(19)5-7-16/h3-4,9H,5-8H2,1-2H3. The van der Waals surface area contributed by atoms with E-state index in [0.717, 1.165) is 21.3 Å². The highest BCUT2D eigenvalue weighted by atomic mass is 79.9. The number of amides is 1. The first-order valence-corrected chi connectivity index (χ1v) is 7.76. The van der Waals surface area contributed by atoms with Crippen LogP contribution in [0.2, 0.25) is 0 Å². The van der Waals surface area contributed by atoms with Crippen molar-refractivity contribution >= 4 is 44.5 Å². The van der Waals surface area contributed by atoms with Gasteiger partial charge in [0.2, 0.25) is 5.91 Å². The number of benzene rings is 1. The van der Waals surface area contributed by atoms with Gasteiger partial charge in [-0.15, -0.1) is 11.6 Å².